The third-order valence-corrected chi connectivity index (χ3v) is 22.1. The van der Waals surface area contributed by atoms with Crippen molar-refractivity contribution in [2.24, 2.45) is 40.4 Å². The summed E-state index contributed by atoms with van der Waals surface area (Å²) in [5.41, 5.74) is -0.702. The molecule has 0 aromatic heterocycles. The standard InChI is InChI=1S/C58H96O27/c1-22(21-75-50-43(69)39(65)36(62)32(19-59)80-50)11-16-57(74-8)26(5)58(73)34(85-57)18-31-29-10-9-27-17-28(12-14-55(27,6)30(29)13-15-56(31,58)7)79-54-49(40(66)37(63)33(20-60)81-54)84-53-46(72)42(68)48(25(4)78-53)83-52-45(71)41(67)47(24(3)77-52)82-51-44(70)38(64)35(61)23(2)76-51/h9,22-26,28-54,59-73H,10-21H2,1-8H3/t22-,23+,24+,25+,26-,28+,29-,30+,31+,32-,33-,34+,35+,36-,37-,38-,39+,40+,41+,42+,43-,44-,45-,46-,47+,48+,49-,50-,51+,52+,53+,54-,55+,56+,57-,58-/m1/s1. The van der Waals surface area contributed by atoms with Crippen LogP contribution in [0.25, 0.3) is 0 Å². The highest BCUT2D eigenvalue weighted by Crippen LogP contribution is 2.72. The summed E-state index contributed by atoms with van der Waals surface area (Å²) in [4.78, 5) is 0. The Labute approximate surface area is 494 Å². The zero-order valence-electron chi connectivity index (χ0n) is 49.6. The molecule has 0 aromatic rings. The maximum absolute atomic E-state index is 13.1. The van der Waals surface area contributed by atoms with Crippen molar-refractivity contribution < 1.29 is 133 Å². The van der Waals surface area contributed by atoms with Gasteiger partial charge in [0.1, 0.15) is 109 Å². The number of allylic oxidation sites excluding steroid dienone is 1. The van der Waals surface area contributed by atoms with Gasteiger partial charge in [-0.25, -0.2) is 0 Å². The van der Waals surface area contributed by atoms with Crippen molar-refractivity contribution in [1.29, 1.82) is 0 Å². The van der Waals surface area contributed by atoms with Crippen LogP contribution in [0.2, 0.25) is 0 Å². The fraction of sp³-hybridized carbons (Fsp3) is 0.966. The molecule has 490 valence electrons. The third kappa shape index (κ3) is 11.6. The second-order valence-corrected chi connectivity index (χ2v) is 26.9. The van der Waals surface area contributed by atoms with Gasteiger partial charge in [0.2, 0.25) is 0 Å². The molecule has 6 aliphatic heterocycles. The fourth-order valence-electron chi connectivity index (χ4n) is 16.7. The van der Waals surface area contributed by atoms with Crippen molar-refractivity contribution in [2.75, 3.05) is 26.9 Å². The van der Waals surface area contributed by atoms with E-state index in [2.05, 4.69) is 19.9 Å². The minimum Gasteiger partial charge on any atom is -0.394 e. The maximum atomic E-state index is 13.1. The van der Waals surface area contributed by atoms with Gasteiger partial charge in [0.25, 0.3) is 0 Å². The molecule has 9 fully saturated rings. The number of rotatable bonds is 17. The molecule has 15 N–H and O–H groups in total. The molecule has 0 unspecified atom stereocenters. The van der Waals surface area contributed by atoms with Gasteiger partial charge in [-0.15, -0.1) is 0 Å². The van der Waals surface area contributed by atoms with E-state index in [1.54, 1.807) is 7.11 Å². The van der Waals surface area contributed by atoms with E-state index in [1.807, 2.05) is 13.8 Å². The summed E-state index contributed by atoms with van der Waals surface area (Å²) >= 11 is 0. The van der Waals surface area contributed by atoms with E-state index in [4.69, 9.17) is 56.8 Å². The van der Waals surface area contributed by atoms with Gasteiger partial charge < -0.3 is 133 Å². The van der Waals surface area contributed by atoms with Gasteiger partial charge in [0.15, 0.2) is 37.2 Å². The maximum Gasteiger partial charge on any atom is 0.187 e. The van der Waals surface area contributed by atoms with Gasteiger partial charge in [0, 0.05) is 24.9 Å². The molecule has 85 heavy (non-hydrogen) atoms. The van der Waals surface area contributed by atoms with Crippen LogP contribution < -0.4 is 0 Å². The van der Waals surface area contributed by atoms with Gasteiger partial charge in [-0.1, -0.05) is 39.3 Å². The van der Waals surface area contributed by atoms with Crippen LogP contribution in [0, 0.1) is 40.4 Å². The van der Waals surface area contributed by atoms with Crippen LogP contribution in [0.15, 0.2) is 11.6 Å². The minimum absolute atomic E-state index is 0.0970. The van der Waals surface area contributed by atoms with E-state index in [0.717, 1.165) is 25.7 Å². The first-order chi connectivity index (χ1) is 40.1. The lowest BCUT2D eigenvalue weighted by Crippen LogP contribution is -2.66. The molecule has 3 saturated carbocycles. The Kier molecular flexibility index (Phi) is 20.1. The Morgan fingerprint density at radius 3 is 1.68 bits per heavy atom. The lowest BCUT2D eigenvalue weighted by Gasteiger charge is -2.59. The van der Waals surface area contributed by atoms with Crippen LogP contribution in [0.1, 0.15) is 106 Å². The number of hydrogen-bond donors (Lipinski definition) is 15. The van der Waals surface area contributed by atoms with Crippen molar-refractivity contribution in [1.82, 2.24) is 0 Å². The molecule has 0 radical (unpaired) electrons. The van der Waals surface area contributed by atoms with E-state index in [1.165, 1.54) is 26.3 Å². The summed E-state index contributed by atoms with van der Waals surface area (Å²) in [7, 11) is 1.61. The molecule has 0 spiro atoms. The Morgan fingerprint density at radius 1 is 0.576 bits per heavy atom. The predicted molar refractivity (Wildman–Crippen MR) is 286 cm³/mol. The van der Waals surface area contributed by atoms with Crippen molar-refractivity contribution in [2.45, 2.75) is 283 Å². The molecule has 10 aliphatic rings. The Bertz CT molecular complexity index is 2270. The fourth-order valence-corrected chi connectivity index (χ4v) is 16.7. The Balaban J connectivity index is 0.751. The molecular formula is C58H96O27. The normalized spacial score (nSPS) is 55.7. The molecule has 36 atom stereocenters. The van der Waals surface area contributed by atoms with Crippen molar-refractivity contribution >= 4 is 0 Å². The largest absolute Gasteiger partial charge is 0.394 e. The van der Waals surface area contributed by atoms with Crippen molar-refractivity contribution in [3.05, 3.63) is 11.6 Å². The van der Waals surface area contributed by atoms with E-state index >= 15 is 0 Å². The van der Waals surface area contributed by atoms with E-state index in [9.17, 15) is 76.6 Å². The topological polar surface area (TPSA) is 414 Å². The zero-order valence-corrected chi connectivity index (χ0v) is 49.6. The van der Waals surface area contributed by atoms with Gasteiger partial charge in [-0.3, -0.25) is 0 Å². The molecule has 0 bridgehead atoms. The van der Waals surface area contributed by atoms with E-state index in [0.29, 0.717) is 32.1 Å². The van der Waals surface area contributed by atoms with Crippen molar-refractivity contribution in [3.8, 4) is 0 Å². The van der Waals surface area contributed by atoms with Crippen LogP contribution in [0.3, 0.4) is 0 Å². The molecule has 0 amide bonds. The average molecular weight is 1230 g/mol. The summed E-state index contributed by atoms with van der Waals surface area (Å²) in [5, 5.41) is 163. The second-order valence-electron chi connectivity index (χ2n) is 26.9. The summed E-state index contributed by atoms with van der Waals surface area (Å²) in [6.07, 6.45) is -29.8. The van der Waals surface area contributed by atoms with Crippen LogP contribution in [0.5, 0.6) is 0 Å². The number of ether oxygens (including phenoxy) is 12. The lowest BCUT2D eigenvalue weighted by molar-refractivity contribution is -0.388. The molecule has 4 aliphatic carbocycles. The Morgan fingerprint density at radius 2 is 1.09 bits per heavy atom. The smallest absolute Gasteiger partial charge is 0.187 e. The number of aliphatic hydroxyl groups is 15. The van der Waals surface area contributed by atoms with Gasteiger partial charge in [0.05, 0.1) is 50.3 Å². The van der Waals surface area contributed by atoms with E-state index < -0.39 is 202 Å². The van der Waals surface area contributed by atoms with Crippen LogP contribution in [-0.2, 0) is 56.8 Å². The monoisotopic (exact) mass is 1220 g/mol. The number of aliphatic hydroxyl groups excluding tert-OH is 14. The molecule has 10 rings (SSSR count). The molecular weight excluding hydrogens is 1130 g/mol. The van der Waals surface area contributed by atoms with Crippen LogP contribution >= 0.6 is 0 Å². The minimum atomic E-state index is -1.88. The first-order valence-electron chi connectivity index (χ1n) is 30.6. The Hall–Kier alpha value is -1.34. The van der Waals surface area contributed by atoms with Crippen LogP contribution in [0.4, 0.5) is 0 Å². The van der Waals surface area contributed by atoms with E-state index in [-0.39, 0.29) is 35.7 Å². The predicted octanol–water partition coefficient (Wildman–Crippen LogP) is -3.36. The van der Waals surface area contributed by atoms with Gasteiger partial charge in [-0.2, -0.15) is 0 Å². The third-order valence-electron chi connectivity index (χ3n) is 22.1. The molecule has 27 nitrogen and oxygen atoms in total. The molecule has 0 aromatic carbocycles. The molecule has 6 saturated heterocycles. The van der Waals surface area contributed by atoms with Gasteiger partial charge in [-0.05, 0) is 101 Å². The average Bonchev–Trinajstić information content (AvgIpc) is 1.55. The highest BCUT2D eigenvalue weighted by molar-refractivity contribution is 5.29. The van der Waals surface area contributed by atoms with Crippen molar-refractivity contribution in [3.63, 3.8) is 0 Å². The number of methoxy groups -OCH3 is 1. The SMILES string of the molecule is CO[C@]1(CC[C@@H](C)CO[C@@H]2O[C@H](CO)[C@@H](O)[C@H](O)[C@H]2O)O[C@H]2C[C@H]3[C@@H]4CC=C5C[C@@H](O[C@@H]6O[C@H](CO)[C@@H](O)[C@H](O)[C@H]6O[C@@H]6O[C@@H](C)[C@H](O[C@@H]7O[C@@H](C)[C@H](O[C@@H]8O[C@@H](C)[C@H](O)[C@@H](O)[C@H]8O)[C@@H](O)[C@H]7O)[C@@H](O)[C@H]6O)CC[C@]5(C)[C@H]4CC[C@]3(C)[C@@]2(O)[C@@H]1C. The number of fused-ring (bicyclic) bond motifs is 7. The van der Waals surface area contributed by atoms with Gasteiger partial charge >= 0.3 is 0 Å². The zero-order chi connectivity index (χ0) is 61.7. The lowest BCUT2D eigenvalue weighted by atomic mass is 9.46. The highest BCUT2D eigenvalue weighted by atomic mass is 16.8. The summed E-state index contributed by atoms with van der Waals surface area (Å²) in [5.74, 6) is -0.924. The summed E-state index contributed by atoms with van der Waals surface area (Å²) in [6, 6.07) is 0. The second kappa shape index (κ2) is 25.6. The first kappa shape index (κ1) is 66.6. The number of hydrogen-bond acceptors (Lipinski definition) is 27. The first-order valence-corrected chi connectivity index (χ1v) is 30.6. The van der Waals surface area contributed by atoms with Crippen LogP contribution in [-0.4, -0.2) is 281 Å². The quantitative estimate of drug-likeness (QED) is 0.0633. The highest BCUT2D eigenvalue weighted by Gasteiger charge is 2.76. The summed E-state index contributed by atoms with van der Waals surface area (Å²) in [6.45, 7) is 11.8. The molecule has 27 heteroatoms. The molecule has 6 heterocycles. The summed E-state index contributed by atoms with van der Waals surface area (Å²) < 4.78 is 72.6.